The zero-order valence-corrected chi connectivity index (χ0v) is 11.9. The van der Waals surface area contributed by atoms with Crippen molar-refractivity contribution in [3.8, 4) is 10.8 Å². The zero-order chi connectivity index (χ0) is 14.8. The van der Waals surface area contributed by atoms with E-state index in [1.54, 1.807) is 31.4 Å². The van der Waals surface area contributed by atoms with E-state index in [1.165, 1.54) is 17.6 Å². The fourth-order valence-electron chi connectivity index (χ4n) is 1.69. The maximum absolute atomic E-state index is 12.0. The van der Waals surface area contributed by atoms with Crippen LogP contribution < -0.4 is 5.32 Å². The maximum atomic E-state index is 12.0. The normalized spacial score (nSPS) is 11.3. The van der Waals surface area contributed by atoms with E-state index < -0.39 is 17.4 Å². The first kappa shape index (κ1) is 14.3. The van der Waals surface area contributed by atoms with Crippen molar-refractivity contribution in [2.45, 2.75) is 25.8 Å². The van der Waals surface area contributed by atoms with Crippen molar-refractivity contribution in [3.05, 3.63) is 29.5 Å². The minimum atomic E-state index is -0.968. The fraction of sp³-hybridized carbons (Fsp3) is 0.308. The Morgan fingerprint density at radius 1 is 1.50 bits per heavy atom. The molecule has 0 spiro atoms. The first-order valence-corrected chi connectivity index (χ1v) is 6.79. The van der Waals surface area contributed by atoms with Crippen LogP contribution >= 0.6 is 11.3 Å². The topological polar surface area (TPSA) is 92.4 Å². The quantitative estimate of drug-likeness (QED) is 0.883. The minimum Gasteiger partial charge on any atom is -0.481 e. The third kappa shape index (κ3) is 3.45. The average molecular weight is 294 g/mol. The molecule has 0 unspecified atom stereocenters. The monoisotopic (exact) mass is 294 g/mol. The number of carboxylic acids is 1. The molecule has 20 heavy (non-hydrogen) atoms. The summed E-state index contributed by atoms with van der Waals surface area (Å²) in [5.41, 5.74) is -0.586. The number of nitrogens with one attached hydrogen (secondary N) is 1. The van der Waals surface area contributed by atoms with Gasteiger partial charge in [-0.15, -0.1) is 11.3 Å². The molecule has 2 aromatic heterocycles. The smallest absolute Gasteiger partial charge is 0.305 e. The molecule has 2 N–H and O–H groups in total. The molecule has 0 atom stereocenters. The molecular formula is C13H14N2O4S. The van der Waals surface area contributed by atoms with E-state index in [4.69, 9.17) is 9.52 Å². The van der Waals surface area contributed by atoms with Crippen LogP contribution in [-0.4, -0.2) is 27.5 Å². The van der Waals surface area contributed by atoms with Crippen LogP contribution in [0.15, 0.2) is 28.2 Å². The van der Waals surface area contributed by atoms with Crippen LogP contribution in [0.25, 0.3) is 10.8 Å². The van der Waals surface area contributed by atoms with E-state index in [2.05, 4.69) is 10.3 Å². The molecule has 106 valence electrons. The molecule has 0 saturated heterocycles. The number of carboxylic acid groups (broad SMARTS) is 1. The molecule has 0 aliphatic heterocycles. The highest BCUT2D eigenvalue weighted by molar-refractivity contribution is 7.13. The molecule has 1 amide bonds. The van der Waals surface area contributed by atoms with Crippen molar-refractivity contribution in [3.63, 3.8) is 0 Å². The standard InChI is InChI=1S/C13H14N2O4S/c1-13(2,6-10(16)17)15-11(18)8-7-20-12(14-8)9-4-3-5-19-9/h3-5,7H,6H2,1-2H3,(H,15,18)(H,16,17). The molecule has 0 saturated carbocycles. The van der Waals surface area contributed by atoms with Gasteiger partial charge in [0.15, 0.2) is 10.8 Å². The van der Waals surface area contributed by atoms with Crippen LogP contribution in [0.1, 0.15) is 30.8 Å². The molecule has 2 aromatic rings. The highest BCUT2D eigenvalue weighted by atomic mass is 32.1. The SMILES string of the molecule is CC(C)(CC(=O)O)NC(=O)c1csc(-c2ccco2)n1. The molecule has 0 aromatic carbocycles. The van der Waals surface area contributed by atoms with E-state index in [1.807, 2.05) is 0 Å². The van der Waals surface area contributed by atoms with Gasteiger partial charge in [0.25, 0.3) is 5.91 Å². The van der Waals surface area contributed by atoms with Gasteiger partial charge >= 0.3 is 5.97 Å². The van der Waals surface area contributed by atoms with Crippen molar-refractivity contribution in [1.29, 1.82) is 0 Å². The van der Waals surface area contributed by atoms with Crippen molar-refractivity contribution in [2.75, 3.05) is 0 Å². The Bertz CT molecular complexity index is 616. The molecular weight excluding hydrogens is 280 g/mol. The highest BCUT2D eigenvalue weighted by Crippen LogP contribution is 2.24. The van der Waals surface area contributed by atoms with Crippen LogP contribution in [0.5, 0.6) is 0 Å². The summed E-state index contributed by atoms with van der Waals surface area (Å²) >= 11 is 1.29. The predicted octanol–water partition coefficient (Wildman–Crippen LogP) is 2.39. The molecule has 0 bridgehead atoms. The van der Waals surface area contributed by atoms with Gasteiger partial charge in [-0.1, -0.05) is 0 Å². The first-order chi connectivity index (χ1) is 9.37. The lowest BCUT2D eigenvalue weighted by Crippen LogP contribution is -2.45. The molecule has 2 heterocycles. The summed E-state index contributed by atoms with van der Waals surface area (Å²) < 4.78 is 5.20. The molecule has 0 aliphatic rings. The summed E-state index contributed by atoms with van der Waals surface area (Å²) in [4.78, 5) is 26.9. The van der Waals surface area contributed by atoms with Crippen LogP contribution in [0, 0.1) is 0 Å². The van der Waals surface area contributed by atoms with E-state index in [0.717, 1.165) is 0 Å². The second kappa shape index (κ2) is 5.46. The average Bonchev–Trinajstić information content (AvgIpc) is 2.97. The van der Waals surface area contributed by atoms with Gasteiger partial charge in [-0.2, -0.15) is 0 Å². The Balaban J connectivity index is 2.09. The third-order valence-corrected chi connectivity index (χ3v) is 3.37. The number of carbonyl (C=O) groups is 2. The zero-order valence-electron chi connectivity index (χ0n) is 11.0. The van der Waals surface area contributed by atoms with Crippen LogP contribution in [0.3, 0.4) is 0 Å². The van der Waals surface area contributed by atoms with E-state index in [0.29, 0.717) is 10.8 Å². The van der Waals surface area contributed by atoms with Gasteiger partial charge in [0.1, 0.15) is 5.69 Å². The summed E-state index contributed by atoms with van der Waals surface area (Å²) in [7, 11) is 0. The summed E-state index contributed by atoms with van der Waals surface area (Å²) in [6.45, 7) is 3.30. The Morgan fingerprint density at radius 2 is 2.25 bits per heavy atom. The minimum absolute atomic E-state index is 0.159. The van der Waals surface area contributed by atoms with Gasteiger partial charge < -0.3 is 14.8 Å². The van der Waals surface area contributed by atoms with E-state index in [-0.39, 0.29) is 12.1 Å². The molecule has 0 aliphatic carbocycles. The Hall–Kier alpha value is -2.15. The third-order valence-electron chi connectivity index (χ3n) is 2.51. The number of furan rings is 1. The van der Waals surface area contributed by atoms with Crippen LogP contribution in [0.4, 0.5) is 0 Å². The molecule has 7 heteroatoms. The van der Waals surface area contributed by atoms with Crippen molar-refractivity contribution in [2.24, 2.45) is 0 Å². The maximum Gasteiger partial charge on any atom is 0.305 e. The lowest BCUT2D eigenvalue weighted by atomic mass is 10.0. The number of hydrogen-bond acceptors (Lipinski definition) is 5. The second-order valence-corrected chi connectivity index (χ2v) is 5.78. The highest BCUT2D eigenvalue weighted by Gasteiger charge is 2.25. The van der Waals surface area contributed by atoms with Crippen LogP contribution in [0.2, 0.25) is 0 Å². The number of aromatic nitrogens is 1. The summed E-state index contributed by atoms with van der Waals surface area (Å²) in [5, 5.41) is 13.7. The number of amides is 1. The summed E-state index contributed by atoms with van der Waals surface area (Å²) in [5.74, 6) is -0.769. The van der Waals surface area contributed by atoms with Gasteiger partial charge in [-0.05, 0) is 26.0 Å². The Labute approximate surface area is 119 Å². The largest absolute Gasteiger partial charge is 0.481 e. The van der Waals surface area contributed by atoms with Crippen LogP contribution in [-0.2, 0) is 4.79 Å². The lowest BCUT2D eigenvalue weighted by molar-refractivity contribution is -0.138. The number of thiazole rings is 1. The van der Waals surface area contributed by atoms with E-state index >= 15 is 0 Å². The fourth-order valence-corrected chi connectivity index (χ4v) is 2.45. The van der Waals surface area contributed by atoms with Gasteiger partial charge in [-0.25, -0.2) is 4.98 Å². The summed E-state index contributed by atoms with van der Waals surface area (Å²) in [6, 6.07) is 3.50. The van der Waals surface area contributed by atoms with Gasteiger partial charge in [0, 0.05) is 10.9 Å². The number of hydrogen-bond donors (Lipinski definition) is 2. The van der Waals surface area contributed by atoms with Gasteiger partial charge in [0.2, 0.25) is 0 Å². The lowest BCUT2D eigenvalue weighted by Gasteiger charge is -2.23. The van der Waals surface area contributed by atoms with Crippen molar-refractivity contribution >= 4 is 23.2 Å². The molecule has 0 radical (unpaired) electrons. The Kier molecular flexibility index (Phi) is 3.89. The van der Waals surface area contributed by atoms with Gasteiger partial charge in [-0.3, -0.25) is 9.59 Å². The van der Waals surface area contributed by atoms with Crippen molar-refractivity contribution in [1.82, 2.24) is 10.3 Å². The number of rotatable bonds is 5. The Morgan fingerprint density at radius 3 is 2.85 bits per heavy atom. The molecule has 0 fully saturated rings. The molecule has 6 nitrogen and oxygen atoms in total. The second-order valence-electron chi connectivity index (χ2n) is 4.92. The summed E-state index contributed by atoms with van der Waals surface area (Å²) in [6.07, 6.45) is 1.38. The number of aliphatic carboxylic acids is 1. The van der Waals surface area contributed by atoms with Crippen molar-refractivity contribution < 1.29 is 19.1 Å². The van der Waals surface area contributed by atoms with Gasteiger partial charge in [0.05, 0.1) is 12.7 Å². The van der Waals surface area contributed by atoms with E-state index in [9.17, 15) is 9.59 Å². The molecule has 2 rings (SSSR count). The number of carbonyl (C=O) groups excluding carboxylic acids is 1. The number of nitrogens with zero attached hydrogens (tertiary/aromatic N) is 1. The first-order valence-electron chi connectivity index (χ1n) is 5.91. The predicted molar refractivity (Wildman–Crippen MR) is 73.6 cm³/mol.